The number of amides is 1. The third kappa shape index (κ3) is 2.20. The second-order valence-corrected chi connectivity index (χ2v) is 3.01. The van der Waals surface area contributed by atoms with Crippen molar-refractivity contribution in [2.75, 3.05) is 5.32 Å². The highest BCUT2D eigenvalue weighted by molar-refractivity contribution is 6.03. The molecule has 4 nitrogen and oxygen atoms in total. The summed E-state index contributed by atoms with van der Waals surface area (Å²) in [5.41, 5.74) is -0.104. The van der Waals surface area contributed by atoms with Crippen LogP contribution in [0.15, 0.2) is 42.7 Å². The minimum absolute atomic E-state index is 0.104. The summed E-state index contributed by atoms with van der Waals surface area (Å²) in [5, 5.41) is 2.47. The number of pyridine rings is 2. The summed E-state index contributed by atoms with van der Waals surface area (Å²) in [7, 11) is 0. The zero-order chi connectivity index (χ0) is 11.4. The molecule has 0 spiro atoms. The second-order valence-electron chi connectivity index (χ2n) is 3.01. The molecule has 0 unspecified atom stereocenters. The Morgan fingerprint density at radius 2 is 1.94 bits per heavy atom. The lowest BCUT2D eigenvalue weighted by atomic mass is 10.2. The summed E-state index contributed by atoms with van der Waals surface area (Å²) >= 11 is 0. The first kappa shape index (κ1) is 10.2. The van der Waals surface area contributed by atoms with E-state index in [0.717, 1.165) is 0 Å². The van der Waals surface area contributed by atoms with Gasteiger partial charge in [0.15, 0.2) is 0 Å². The van der Waals surface area contributed by atoms with Gasteiger partial charge in [0.05, 0.1) is 5.56 Å². The Kier molecular flexibility index (Phi) is 2.86. The summed E-state index contributed by atoms with van der Waals surface area (Å²) in [6, 6.07) is 7.92. The van der Waals surface area contributed by atoms with Gasteiger partial charge in [0.1, 0.15) is 5.82 Å². The number of rotatable bonds is 2. The monoisotopic (exact) mass is 217 g/mol. The SMILES string of the molecule is O=C(Nc1ccccn1)c1cccnc1F. The maximum absolute atomic E-state index is 13.2. The van der Waals surface area contributed by atoms with Crippen molar-refractivity contribution in [1.82, 2.24) is 9.97 Å². The molecule has 0 aromatic carbocycles. The topological polar surface area (TPSA) is 54.9 Å². The number of aromatic nitrogens is 2. The Hall–Kier alpha value is -2.30. The highest BCUT2D eigenvalue weighted by atomic mass is 19.1. The second kappa shape index (κ2) is 4.48. The van der Waals surface area contributed by atoms with Crippen LogP contribution in [0, 0.1) is 5.95 Å². The van der Waals surface area contributed by atoms with Crippen LogP contribution in [0.4, 0.5) is 10.2 Å². The lowest BCUT2D eigenvalue weighted by molar-refractivity contribution is 0.102. The van der Waals surface area contributed by atoms with Crippen molar-refractivity contribution >= 4 is 11.7 Å². The molecule has 80 valence electrons. The summed E-state index contributed by atoms with van der Waals surface area (Å²) in [5.74, 6) is -0.990. The molecule has 16 heavy (non-hydrogen) atoms. The van der Waals surface area contributed by atoms with Crippen molar-refractivity contribution < 1.29 is 9.18 Å². The average molecular weight is 217 g/mol. The molecule has 2 aromatic rings. The smallest absolute Gasteiger partial charge is 0.261 e. The first-order valence-electron chi connectivity index (χ1n) is 4.60. The molecular formula is C11H8FN3O. The molecule has 1 amide bonds. The number of carbonyl (C=O) groups is 1. The van der Waals surface area contributed by atoms with Crippen LogP contribution in [0.1, 0.15) is 10.4 Å². The molecule has 0 atom stereocenters. The maximum atomic E-state index is 13.2. The van der Waals surface area contributed by atoms with Gasteiger partial charge in [-0.25, -0.2) is 9.97 Å². The first-order chi connectivity index (χ1) is 7.77. The van der Waals surface area contributed by atoms with E-state index in [1.165, 1.54) is 24.5 Å². The largest absolute Gasteiger partial charge is 0.306 e. The molecule has 1 N–H and O–H groups in total. The lowest BCUT2D eigenvalue weighted by Gasteiger charge is -2.03. The molecule has 0 fully saturated rings. The molecule has 2 aromatic heterocycles. The van der Waals surface area contributed by atoms with Gasteiger partial charge in [-0.1, -0.05) is 6.07 Å². The highest BCUT2D eigenvalue weighted by Gasteiger charge is 2.11. The molecule has 0 aliphatic rings. The predicted molar refractivity (Wildman–Crippen MR) is 56.4 cm³/mol. The number of carbonyl (C=O) groups excluding carboxylic acids is 1. The van der Waals surface area contributed by atoms with Gasteiger partial charge in [-0.3, -0.25) is 4.79 Å². The van der Waals surface area contributed by atoms with Gasteiger partial charge in [0, 0.05) is 12.4 Å². The highest BCUT2D eigenvalue weighted by Crippen LogP contribution is 2.07. The fraction of sp³-hybridized carbons (Fsp3) is 0. The fourth-order valence-corrected chi connectivity index (χ4v) is 1.18. The fourth-order valence-electron chi connectivity index (χ4n) is 1.18. The number of halogens is 1. The zero-order valence-electron chi connectivity index (χ0n) is 8.22. The van der Waals surface area contributed by atoms with Gasteiger partial charge in [0.2, 0.25) is 5.95 Å². The van der Waals surface area contributed by atoms with E-state index in [1.807, 2.05) is 0 Å². The maximum Gasteiger partial charge on any atom is 0.261 e. The van der Waals surface area contributed by atoms with Crippen LogP contribution in [0.5, 0.6) is 0 Å². The molecule has 0 bridgehead atoms. The lowest BCUT2D eigenvalue weighted by Crippen LogP contribution is -2.15. The Bertz CT molecular complexity index is 502. The van der Waals surface area contributed by atoms with Gasteiger partial charge in [-0.05, 0) is 24.3 Å². The molecule has 0 aliphatic heterocycles. The van der Waals surface area contributed by atoms with E-state index < -0.39 is 11.9 Å². The van der Waals surface area contributed by atoms with E-state index in [4.69, 9.17) is 0 Å². The number of anilines is 1. The van der Waals surface area contributed by atoms with Gasteiger partial charge in [-0.15, -0.1) is 0 Å². The Morgan fingerprint density at radius 1 is 1.12 bits per heavy atom. The number of nitrogens with one attached hydrogen (secondary N) is 1. The van der Waals surface area contributed by atoms with E-state index >= 15 is 0 Å². The van der Waals surface area contributed by atoms with Crippen LogP contribution in [0.2, 0.25) is 0 Å². The molecule has 2 rings (SSSR count). The van der Waals surface area contributed by atoms with E-state index in [0.29, 0.717) is 5.82 Å². The number of hydrogen-bond acceptors (Lipinski definition) is 3. The van der Waals surface area contributed by atoms with Crippen molar-refractivity contribution in [3.63, 3.8) is 0 Å². The van der Waals surface area contributed by atoms with Gasteiger partial charge >= 0.3 is 0 Å². The number of hydrogen-bond donors (Lipinski definition) is 1. The van der Waals surface area contributed by atoms with E-state index in [-0.39, 0.29) is 5.56 Å². The zero-order valence-corrected chi connectivity index (χ0v) is 8.22. The third-order valence-corrected chi connectivity index (χ3v) is 1.91. The Balaban J connectivity index is 2.19. The summed E-state index contributed by atoms with van der Waals surface area (Å²) in [6.45, 7) is 0. The molecule has 0 radical (unpaired) electrons. The van der Waals surface area contributed by atoms with Crippen molar-refractivity contribution in [2.24, 2.45) is 0 Å². The summed E-state index contributed by atoms with van der Waals surface area (Å²) in [6.07, 6.45) is 2.82. The van der Waals surface area contributed by atoms with Crippen molar-refractivity contribution in [3.8, 4) is 0 Å². The van der Waals surface area contributed by atoms with Crippen LogP contribution in [-0.2, 0) is 0 Å². The average Bonchev–Trinajstić information content (AvgIpc) is 2.31. The van der Waals surface area contributed by atoms with E-state index in [2.05, 4.69) is 15.3 Å². The third-order valence-electron chi connectivity index (χ3n) is 1.91. The Morgan fingerprint density at radius 3 is 2.62 bits per heavy atom. The number of nitrogens with zero attached hydrogens (tertiary/aromatic N) is 2. The van der Waals surface area contributed by atoms with Crippen molar-refractivity contribution in [2.45, 2.75) is 0 Å². The van der Waals surface area contributed by atoms with Crippen molar-refractivity contribution in [1.29, 1.82) is 0 Å². The quantitative estimate of drug-likeness (QED) is 0.781. The molecule has 0 saturated carbocycles. The molecule has 5 heteroatoms. The molecule has 2 heterocycles. The van der Waals surface area contributed by atoms with Gasteiger partial charge in [0.25, 0.3) is 5.91 Å². The van der Waals surface area contributed by atoms with Gasteiger partial charge < -0.3 is 5.32 Å². The van der Waals surface area contributed by atoms with Crippen LogP contribution in [-0.4, -0.2) is 15.9 Å². The standard InChI is InChI=1S/C11H8FN3O/c12-10-8(4-3-7-14-10)11(16)15-9-5-1-2-6-13-9/h1-7H,(H,13,15,16). The van der Waals surface area contributed by atoms with Crippen LogP contribution >= 0.6 is 0 Å². The normalized spacial score (nSPS) is 9.81. The van der Waals surface area contributed by atoms with Gasteiger partial charge in [-0.2, -0.15) is 4.39 Å². The van der Waals surface area contributed by atoms with Crippen molar-refractivity contribution in [3.05, 3.63) is 54.2 Å². The van der Waals surface area contributed by atoms with Crippen LogP contribution in [0.3, 0.4) is 0 Å². The molecule has 0 aliphatic carbocycles. The molecule has 0 saturated heterocycles. The minimum Gasteiger partial charge on any atom is -0.306 e. The van der Waals surface area contributed by atoms with E-state index in [1.54, 1.807) is 18.2 Å². The van der Waals surface area contributed by atoms with Crippen LogP contribution < -0.4 is 5.32 Å². The predicted octanol–water partition coefficient (Wildman–Crippen LogP) is 1.87. The summed E-state index contributed by atoms with van der Waals surface area (Å²) in [4.78, 5) is 18.9. The van der Waals surface area contributed by atoms with E-state index in [9.17, 15) is 9.18 Å². The minimum atomic E-state index is -0.795. The molecular weight excluding hydrogens is 209 g/mol. The van der Waals surface area contributed by atoms with Crippen LogP contribution in [0.25, 0.3) is 0 Å². The first-order valence-corrected chi connectivity index (χ1v) is 4.60. The summed E-state index contributed by atoms with van der Waals surface area (Å²) < 4.78 is 13.2. The Labute approximate surface area is 91.2 Å².